The predicted octanol–water partition coefficient (Wildman–Crippen LogP) is 2.26. The first-order valence-electron chi connectivity index (χ1n) is 10.4. The fourth-order valence-electron chi connectivity index (χ4n) is 3.65. The highest BCUT2D eigenvalue weighted by Crippen LogP contribution is 2.23. The van der Waals surface area contributed by atoms with E-state index in [1.807, 2.05) is 0 Å². The summed E-state index contributed by atoms with van der Waals surface area (Å²) in [5.74, 6) is 1.78. The van der Waals surface area contributed by atoms with Crippen molar-refractivity contribution in [3.63, 3.8) is 0 Å². The van der Waals surface area contributed by atoms with E-state index in [2.05, 4.69) is 15.6 Å². The molecule has 0 amide bonds. The van der Waals surface area contributed by atoms with Crippen molar-refractivity contribution >= 4 is 5.96 Å². The maximum Gasteiger partial charge on any atom is 0.401 e. The summed E-state index contributed by atoms with van der Waals surface area (Å²) in [6, 6.07) is 0. The molecule has 2 N–H and O–H groups in total. The number of alkyl halides is 3. The molecule has 9 heteroatoms. The molecule has 2 heterocycles. The summed E-state index contributed by atoms with van der Waals surface area (Å²) in [6.45, 7) is 5.01. The molecular weight excluding hydrogens is 373 g/mol. The Bertz CT molecular complexity index is 449. The largest absolute Gasteiger partial charge is 0.401 e. The monoisotopic (exact) mass is 408 g/mol. The van der Waals surface area contributed by atoms with Gasteiger partial charge in [0.25, 0.3) is 0 Å². The molecule has 0 aliphatic carbocycles. The summed E-state index contributed by atoms with van der Waals surface area (Å²) in [5, 5.41) is 6.56. The number of piperidine rings is 1. The molecule has 164 valence electrons. The minimum Gasteiger partial charge on any atom is -0.381 e. The summed E-state index contributed by atoms with van der Waals surface area (Å²) in [6.07, 6.45) is 0.512. The van der Waals surface area contributed by atoms with E-state index in [0.29, 0.717) is 24.9 Å². The Balaban J connectivity index is 1.46. The highest BCUT2D eigenvalue weighted by atomic mass is 19.4. The van der Waals surface area contributed by atoms with Gasteiger partial charge in [0.1, 0.15) is 0 Å². The maximum atomic E-state index is 12.4. The number of hydrogen-bond donors (Lipinski definition) is 2. The van der Waals surface area contributed by atoms with Crippen molar-refractivity contribution in [1.29, 1.82) is 0 Å². The van der Waals surface area contributed by atoms with Gasteiger partial charge in [-0.15, -0.1) is 0 Å². The summed E-state index contributed by atoms with van der Waals surface area (Å²) in [4.78, 5) is 5.71. The van der Waals surface area contributed by atoms with Crippen molar-refractivity contribution in [2.24, 2.45) is 16.8 Å². The summed E-state index contributed by atoms with van der Waals surface area (Å²) in [5.41, 5.74) is 0. The quantitative estimate of drug-likeness (QED) is 0.330. The topological polar surface area (TPSA) is 58.1 Å². The van der Waals surface area contributed by atoms with Gasteiger partial charge in [-0.05, 0) is 51.1 Å². The van der Waals surface area contributed by atoms with Gasteiger partial charge < -0.3 is 20.1 Å². The molecule has 2 rings (SSSR count). The summed E-state index contributed by atoms with van der Waals surface area (Å²) in [7, 11) is 1.74. The van der Waals surface area contributed by atoms with Crippen LogP contribution < -0.4 is 10.6 Å². The van der Waals surface area contributed by atoms with E-state index in [1.165, 1.54) is 4.90 Å². The minimum atomic E-state index is -4.09. The Kier molecular flexibility index (Phi) is 10.4. The Hall–Kier alpha value is -1.06. The van der Waals surface area contributed by atoms with Crippen LogP contribution in [0.3, 0.4) is 0 Å². The molecule has 0 aromatic rings. The lowest BCUT2D eigenvalue weighted by Crippen LogP contribution is -2.41. The number of nitrogens with one attached hydrogen (secondary N) is 2. The molecule has 1 atom stereocenters. The van der Waals surface area contributed by atoms with Crippen molar-refractivity contribution in [2.45, 2.75) is 38.3 Å². The Morgan fingerprint density at radius 1 is 1.14 bits per heavy atom. The van der Waals surface area contributed by atoms with Crippen LogP contribution in [0.4, 0.5) is 13.2 Å². The zero-order chi connectivity index (χ0) is 20.2. The van der Waals surface area contributed by atoms with Gasteiger partial charge in [0.2, 0.25) is 0 Å². The Labute approximate surface area is 166 Å². The number of halogens is 3. The fourth-order valence-corrected chi connectivity index (χ4v) is 3.65. The third kappa shape index (κ3) is 9.93. The van der Waals surface area contributed by atoms with Gasteiger partial charge in [0.05, 0.1) is 19.8 Å². The van der Waals surface area contributed by atoms with E-state index in [4.69, 9.17) is 9.47 Å². The average molecular weight is 409 g/mol. The number of guanidine groups is 1. The molecule has 0 aromatic heterocycles. The molecule has 0 saturated carbocycles. The first kappa shape index (κ1) is 23.2. The van der Waals surface area contributed by atoms with E-state index in [1.54, 1.807) is 7.05 Å². The zero-order valence-corrected chi connectivity index (χ0v) is 16.9. The van der Waals surface area contributed by atoms with Gasteiger partial charge in [0, 0.05) is 39.3 Å². The number of ether oxygens (including phenoxy) is 2. The van der Waals surface area contributed by atoms with Crippen LogP contribution in [0.2, 0.25) is 0 Å². The van der Waals surface area contributed by atoms with Crippen LogP contribution in [0.15, 0.2) is 4.99 Å². The first-order valence-corrected chi connectivity index (χ1v) is 10.4. The van der Waals surface area contributed by atoms with Crippen LogP contribution in [0.5, 0.6) is 0 Å². The number of rotatable bonds is 10. The van der Waals surface area contributed by atoms with Gasteiger partial charge >= 0.3 is 6.18 Å². The van der Waals surface area contributed by atoms with Crippen LogP contribution in [-0.4, -0.2) is 83.2 Å². The van der Waals surface area contributed by atoms with E-state index in [-0.39, 0.29) is 0 Å². The lowest BCUT2D eigenvalue weighted by molar-refractivity contribution is -0.148. The summed E-state index contributed by atoms with van der Waals surface area (Å²) >= 11 is 0. The van der Waals surface area contributed by atoms with E-state index >= 15 is 0 Å². The zero-order valence-electron chi connectivity index (χ0n) is 16.9. The standard InChI is InChI=1S/C19H35F3N4O2/c1-23-18(24-7-2-11-27-13-17-6-12-28-14-17)25-8-3-16-4-9-26(10-5-16)15-19(20,21)22/h16-17H,2-15H2,1H3,(H2,23,24,25). The second kappa shape index (κ2) is 12.5. The molecule has 2 saturated heterocycles. The van der Waals surface area contributed by atoms with Crippen LogP contribution in [0.1, 0.15) is 32.1 Å². The molecule has 0 aromatic carbocycles. The Morgan fingerprint density at radius 3 is 2.54 bits per heavy atom. The van der Waals surface area contributed by atoms with E-state index in [9.17, 15) is 13.2 Å². The number of likely N-dealkylation sites (tertiary alicyclic amines) is 1. The maximum absolute atomic E-state index is 12.4. The van der Waals surface area contributed by atoms with Crippen molar-refractivity contribution in [3.8, 4) is 0 Å². The summed E-state index contributed by atoms with van der Waals surface area (Å²) < 4.78 is 48.3. The molecule has 0 bridgehead atoms. The first-order chi connectivity index (χ1) is 13.5. The Morgan fingerprint density at radius 2 is 1.89 bits per heavy atom. The van der Waals surface area contributed by atoms with Gasteiger partial charge in [-0.25, -0.2) is 0 Å². The lowest BCUT2D eigenvalue weighted by Gasteiger charge is -2.32. The van der Waals surface area contributed by atoms with E-state index in [0.717, 1.165) is 77.6 Å². The highest BCUT2D eigenvalue weighted by molar-refractivity contribution is 5.79. The minimum absolute atomic E-state index is 0.475. The molecule has 0 spiro atoms. The number of hydrogen-bond acceptors (Lipinski definition) is 4. The number of nitrogens with zero attached hydrogens (tertiary/aromatic N) is 2. The van der Waals surface area contributed by atoms with Gasteiger partial charge in [-0.1, -0.05) is 0 Å². The molecule has 2 aliphatic rings. The molecule has 1 unspecified atom stereocenters. The van der Waals surface area contributed by atoms with Crippen LogP contribution >= 0.6 is 0 Å². The van der Waals surface area contributed by atoms with Crippen molar-refractivity contribution in [1.82, 2.24) is 15.5 Å². The lowest BCUT2D eigenvalue weighted by atomic mass is 9.93. The predicted molar refractivity (Wildman–Crippen MR) is 104 cm³/mol. The van der Waals surface area contributed by atoms with Gasteiger partial charge in [-0.2, -0.15) is 13.2 Å². The second-order valence-electron chi connectivity index (χ2n) is 7.71. The smallest absolute Gasteiger partial charge is 0.381 e. The molecule has 0 radical (unpaired) electrons. The molecule has 2 aliphatic heterocycles. The normalized spacial score (nSPS) is 22.6. The SMILES string of the molecule is CN=C(NCCCOCC1CCOC1)NCCC1CCN(CC(F)(F)F)CC1. The van der Waals surface area contributed by atoms with Crippen LogP contribution in [0, 0.1) is 11.8 Å². The van der Waals surface area contributed by atoms with E-state index < -0.39 is 12.7 Å². The molecule has 2 fully saturated rings. The second-order valence-corrected chi connectivity index (χ2v) is 7.71. The third-order valence-corrected chi connectivity index (χ3v) is 5.31. The van der Waals surface area contributed by atoms with Gasteiger partial charge in [0.15, 0.2) is 5.96 Å². The molecule has 6 nitrogen and oxygen atoms in total. The van der Waals surface area contributed by atoms with Crippen LogP contribution in [0.25, 0.3) is 0 Å². The van der Waals surface area contributed by atoms with Crippen molar-refractivity contribution in [2.75, 3.05) is 66.2 Å². The fraction of sp³-hybridized carbons (Fsp3) is 0.947. The van der Waals surface area contributed by atoms with Gasteiger partial charge in [-0.3, -0.25) is 9.89 Å². The molecular formula is C19H35F3N4O2. The average Bonchev–Trinajstić information content (AvgIpc) is 3.16. The van der Waals surface area contributed by atoms with Crippen molar-refractivity contribution < 1.29 is 22.6 Å². The number of aliphatic imine (C=N–C) groups is 1. The highest BCUT2D eigenvalue weighted by Gasteiger charge is 2.32. The third-order valence-electron chi connectivity index (χ3n) is 5.31. The molecule has 28 heavy (non-hydrogen) atoms. The van der Waals surface area contributed by atoms with Crippen LogP contribution in [-0.2, 0) is 9.47 Å². The van der Waals surface area contributed by atoms with Crippen molar-refractivity contribution in [3.05, 3.63) is 0 Å².